The molecule has 1 aliphatic heterocycles. The molecule has 1 atom stereocenters. The molecule has 1 saturated heterocycles. The first-order valence-electron chi connectivity index (χ1n) is 4.79. The van der Waals surface area contributed by atoms with E-state index in [0.717, 1.165) is 19.4 Å². The van der Waals surface area contributed by atoms with Gasteiger partial charge < -0.3 is 16.4 Å². The van der Waals surface area contributed by atoms with Gasteiger partial charge >= 0.3 is 0 Å². The van der Waals surface area contributed by atoms with E-state index in [1.165, 1.54) is 0 Å². The number of carbonyl (C=O) groups excluding carboxylic acids is 2. The standard InChI is InChI=1S/C9H17N3O2/c1-9(2,8(10)14)12-7(13)6-4-3-5-11-6/h6,11H,3-5H2,1-2H3,(H2,10,14)(H,12,13). The predicted octanol–water partition coefficient (Wildman–Crippen LogP) is -0.881. The number of carbonyl (C=O) groups is 2. The van der Waals surface area contributed by atoms with Crippen molar-refractivity contribution in [3.05, 3.63) is 0 Å². The van der Waals surface area contributed by atoms with E-state index in [-0.39, 0.29) is 11.9 Å². The minimum Gasteiger partial charge on any atom is -0.368 e. The number of primary amides is 1. The molecule has 14 heavy (non-hydrogen) atoms. The van der Waals surface area contributed by atoms with Crippen molar-refractivity contribution in [2.75, 3.05) is 6.54 Å². The highest BCUT2D eigenvalue weighted by atomic mass is 16.2. The molecule has 1 aliphatic rings. The lowest BCUT2D eigenvalue weighted by Gasteiger charge is -2.24. The molecule has 1 rings (SSSR count). The Morgan fingerprint density at radius 1 is 1.50 bits per heavy atom. The lowest BCUT2D eigenvalue weighted by atomic mass is 10.0. The van der Waals surface area contributed by atoms with Gasteiger partial charge in [-0.05, 0) is 33.2 Å². The number of nitrogens with one attached hydrogen (secondary N) is 2. The van der Waals surface area contributed by atoms with Gasteiger partial charge in [0.25, 0.3) is 0 Å². The normalized spacial score (nSPS) is 22.0. The minimum absolute atomic E-state index is 0.147. The van der Waals surface area contributed by atoms with Crippen molar-refractivity contribution in [1.29, 1.82) is 0 Å². The molecular weight excluding hydrogens is 182 g/mol. The van der Waals surface area contributed by atoms with E-state index >= 15 is 0 Å². The van der Waals surface area contributed by atoms with Crippen LogP contribution in [0.1, 0.15) is 26.7 Å². The second-order valence-corrected chi connectivity index (χ2v) is 4.13. The maximum Gasteiger partial charge on any atom is 0.242 e. The highest BCUT2D eigenvalue weighted by Crippen LogP contribution is 2.07. The molecule has 80 valence electrons. The zero-order valence-corrected chi connectivity index (χ0v) is 8.59. The van der Waals surface area contributed by atoms with Gasteiger partial charge in [-0.1, -0.05) is 0 Å². The topological polar surface area (TPSA) is 84.2 Å². The van der Waals surface area contributed by atoms with Crippen molar-refractivity contribution in [2.24, 2.45) is 5.73 Å². The fourth-order valence-corrected chi connectivity index (χ4v) is 1.37. The molecule has 0 aromatic rings. The van der Waals surface area contributed by atoms with Crippen molar-refractivity contribution < 1.29 is 9.59 Å². The van der Waals surface area contributed by atoms with Crippen LogP contribution in [0.3, 0.4) is 0 Å². The molecule has 0 bridgehead atoms. The molecule has 0 aromatic carbocycles. The summed E-state index contributed by atoms with van der Waals surface area (Å²) in [5, 5.41) is 5.68. The Morgan fingerprint density at radius 3 is 2.57 bits per heavy atom. The second kappa shape index (κ2) is 3.96. The summed E-state index contributed by atoms with van der Waals surface area (Å²) in [6.45, 7) is 4.06. The molecule has 0 saturated carbocycles. The monoisotopic (exact) mass is 199 g/mol. The van der Waals surface area contributed by atoms with Crippen molar-refractivity contribution in [1.82, 2.24) is 10.6 Å². The van der Waals surface area contributed by atoms with Crippen LogP contribution in [-0.4, -0.2) is 29.9 Å². The quantitative estimate of drug-likeness (QED) is 0.552. The Kier molecular flexibility index (Phi) is 3.10. The Bertz CT molecular complexity index is 244. The van der Waals surface area contributed by atoms with Gasteiger partial charge in [0.15, 0.2) is 0 Å². The van der Waals surface area contributed by atoms with Crippen molar-refractivity contribution in [2.45, 2.75) is 38.3 Å². The van der Waals surface area contributed by atoms with Crippen molar-refractivity contribution in [3.8, 4) is 0 Å². The van der Waals surface area contributed by atoms with Crippen LogP contribution >= 0.6 is 0 Å². The smallest absolute Gasteiger partial charge is 0.242 e. The third kappa shape index (κ3) is 2.45. The fourth-order valence-electron chi connectivity index (χ4n) is 1.37. The third-order valence-electron chi connectivity index (χ3n) is 2.43. The minimum atomic E-state index is -0.971. The van der Waals surface area contributed by atoms with Crippen molar-refractivity contribution >= 4 is 11.8 Å². The van der Waals surface area contributed by atoms with Crippen LogP contribution in [0, 0.1) is 0 Å². The predicted molar refractivity (Wildman–Crippen MR) is 52.4 cm³/mol. The molecule has 5 nitrogen and oxygen atoms in total. The summed E-state index contributed by atoms with van der Waals surface area (Å²) >= 11 is 0. The molecule has 0 radical (unpaired) electrons. The maximum absolute atomic E-state index is 11.6. The van der Waals surface area contributed by atoms with Crippen LogP contribution in [0.5, 0.6) is 0 Å². The van der Waals surface area contributed by atoms with Gasteiger partial charge in [0.1, 0.15) is 5.54 Å². The zero-order chi connectivity index (χ0) is 10.8. The Labute approximate surface area is 83.4 Å². The highest BCUT2D eigenvalue weighted by Gasteiger charge is 2.31. The molecule has 4 N–H and O–H groups in total. The number of nitrogens with two attached hydrogens (primary N) is 1. The summed E-state index contributed by atoms with van der Waals surface area (Å²) in [7, 11) is 0. The summed E-state index contributed by atoms with van der Waals surface area (Å²) in [6, 6.07) is -0.173. The summed E-state index contributed by atoms with van der Waals surface area (Å²) < 4.78 is 0. The zero-order valence-electron chi connectivity index (χ0n) is 8.59. The van der Waals surface area contributed by atoms with E-state index in [2.05, 4.69) is 10.6 Å². The van der Waals surface area contributed by atoms with Crippen LogP contribution in [0.2, 0.25) is 0 Å². The van der Waals surface area contributed by atoms with Crippen LogP contribution in [0.25, 0.3) is 0 Å². The fraction of sp³-hybridized carbons (Fsp3) is 0.778. The Hall–Kier alpha value is -1.10. The first kappa shape index (κ1) is 11.0. The van der Waals surface area contributed by atoms with Gasteiger partial charge in [-0.2, -0.15) is 0 Å². The van der Waals surface area contributed by atoms with Gasteiger partial charge in [0.2, 0.25) is 11.8 Å². The third-order valence-corrected chi connectivity index (χ3v) is 2.43. The molecule has 1 fully saturated rings. The van der Waals surface area contributed by atoms with Crippen LogP contribution in [0.4, 0.5) is 0 Å². The van der Waals surface area contributed by atoms with E-state index in [1.807, 2.05) is 0 Å². The van der Waals surface area contributed by atoms with Crippen LogP contribution in [-0.2, 0) is 9.59 Å². The van der Waals surface area contributed by atoms with E-state index in [4.69, 9.17) is 5.73 Å². The first-order chi connectivity index (χ1) is 6.43. The van der Waals surface area contributed by atoms with Gasteiger partial charge in [0.05, 0.1) is 6.04 Å². The second-order valence-electron chi connectivity index (χ2n) is 4.13. The summed E-state index contributed by atoms with van der Waals surface area (Å²) in [4.78, 5) is 22.5. The van der Waals surface area contributed by atoms with Gasteiger partial charge in [-0.15, -0.1) is 0 Å². The molecule has 0 spiro atoms. The van der Waals surface area contributed by atoms with E-state index < -0.39 is 11.4 Å². The number of hydrogen-bond donors (Lipinski definition) is 3. The number of amides is 2. The number of rotatable bonds is 3. The average Bonchev–Trinajstić information content (AvgIpc) is 2.54. The summed E-state index contributed by atoms with van der Waals surface area (Å²) in [5.74, 6) is -0.671. The van der Waals surface area contributed by atoms with E-state index in [9.17, 15) is 9.59 Å². The molecule has 1 unspecified atom stereocenters. The van der Waals surface area contributed by atoms with Crippen LogP contribution < -0.4 is 16.4 Å². The summed E-state index contributed by atoms with van der Waals surface area (Å²) in [6.07, 6.45) is 1.82. The Balaban J connectivity index is 2.51. The van der Waals surface area contributed by atoms with E-state index in [1.54, 1.807) is 13.8 Å². The van der Waals surface area contributed by atoms with Gasteiger partial charge in [-0.3, -0.25) is 9.59 Å². The van der Waals surface area contributed by atoms with Crippen LogP contribution in [0.15, 0.2) is 0 Å². The van der Waals surface area contributed by atoms with Crippen molar-refractivity contribution in [3.63, 3.8) is 0 Å². The summed E-state index contributed by atoms with van der Waals surface area (Å²) in [5.41, 5.74) is 4.17. The molecular formula is C9H17N3O2. The van der Waals surface area contributed by atoms with Gasteiger partial charge in [0, 0.05) is 0 Å². The first-order valence-corrected chi connectivity index (χ1v) is 4.79. The largest absolute Gasteiger partial charge is 0.368 e. The average molecular weight is 199 g/mol. The molecule has 1 heterocycles. The van der Waals surface area contributed by atoms with Gasteiger partial charge in [-0.25, -0.2) is 0 Å². The lowest BCUT2D eigenvalue weighted by Crippen LogP contribution is -2.56. The van der Waals surface area contributed by atoms with E-state index in [0.29, 0.717) is 0 Å². The molecule has 0 aromatic heterocycles. The molecule has 2 amide bonds. The maximum atomic E-state index is 11.6. The molecule has 5 heteroatoms. The highest BCUT2D eigenvalue weighted by molar-refractivity contribution is 5.91. The number of hydrogen-bond acceptors (Lipinski definition) is 3. The molecule has 0 aliphatic carbocycles. The Morgan fingerprint density at radius 2 is 2.14 bits per heavy atom. The lowest BCUT2D eigenvalue weighted by molar-refractivity contribution is -0.131. The SMILES string of the molecule is CC(C)(NC(=O)C1CCCN1)C(N)=O.